The van der Waals surface area contributed by atoms with Crippen LogP contribution in [0.3, 0.4) is 0 Å². The summed E-state index contributed by atoms with van der Waals surface area (Å²) in [7, 11) is -1.04. The topological polar surface area (TPSA) is 84.9 Å². The van der Waals surface area contributed by atoms with Crippen molar-refractivity contribution in [2.24, 2.45) is 0 Å². The van der Waals surface area contributed by atoms with E-state index in [-0.39, 0.29) is 22.2 Å². The number of anilines is 2. The number of sulfonamides is 1. The van der Waals surface area contributed by atoms with Gasteiger partial charge in [0.25, 0.3) is 10.0 Å². The molecule has 0 radical (unpaired) electrons. The minimum absolute atomic E-state index is 0.00416. The van der Waals surface area contributed by atoms with Crippen molar-refractivity contribution >= 4 is 54.8 Å². The van der Waals surface area contributed by atoms with Crippen LogP contribution in [0.15, 0.2) is 39.7 Å². The highest BCUT2D eigenvalue weighted by atomic mass is 79.9. The van der Waals surface area contributed by atoms with Gasteiger partial charge in [-0.25, -0.2) is 8.42 Å². The number of hydrogen-bond acceptors (Lipinski definition) is 5. The number of rotatable bonds is 6. The smallest absolute Gasteiger partial charge is 0.263 e. The van der Waals surface area contributed by atoms with Crippen LogP contribution in [0.4, 0.5) is 11.4 Å². The fourth-order valence-corrected chi connectivity index (χ4v) is 5.31. The minimum Gasteiger partial charge on any atom is -0.493 e. The molecule has 28 heavy (non-hydrogen) atoms. The molecule has 0 saturated carbocycles. The summed E-state index contributed by atoms with van der Waals surface area (Å²) in [5, 5.41) is 0.293. The molecule has 1 aliphatic heterocycles. The van der Waals surface area contributed by atoms with Crippen molar-refractivity contribution in [1.82, 2.24) is 0 Å². The van der Waals surface area contributed by atoms with Gasteiger partial charge in [0.2, 0.25) is 5.91 Å². The lowest BCUT2D eigenvalue weighted by Gasteiger charge is -2.18. The Labute approximate surface area is 176 Å². The van der Waals surface area contributed by atoms with Gasteiger partial charge in [0, 0.05) is 23.5 Å². The van der Waals surface area contributed by atoms with E-state index in [2.05, 4.69) is 20.7 Å². The molecule has 0 bridgehead atoms. The van der Waals surface area contributed by atoms with Crippen LogP contribution in [-0.2, 0) is 14.8 Å². The Morgan fingerprint density at radius 2 is 1.82 bits per heavy atom. The van der Waals surface area contributed by atoms with E-state index in [0.717, 1.165) is 6.42 Å². The Balaban J connectivity index is 1.91. The molecule has 0 aliphatic carbocycles. The van der Waals surface area contributed by atoms with Crippen LogP contribution in [-0.4, -0.2) is 35.1 Å². The lowest BCUT2D eigenvalue weighted by molar-refractivity contribution is -0.117. The first kappa shape index (κ1) is 20.8. The molecule has 3 rings (SSSR count). The van der Waals surface area contributed by atoms with E-state index >= 15 is 0 Å². The summed E-state index contributed by atoms with van der Waals surface area (Å²) in [5.41, 5.74) is 0.849. The molecular weight excluding hydrogens is 472 g/mol. The number of amides is 1. The molecule has 1 fully saturated rings. The van der Waals surface area contributed by atoms with Crippen molar-refractivity contribution in [2.45, 2.75) is 17.7 Å². The fourth-order valence-electron chi connectivity index (χ4n) is 2.94. The monoisotopic (exact) mass is 488 g/mol. The number of carbonyl (C=O) groups is 1. The average Bonchev–Trinajstić information content (AvgIpc) is 3.06. The summed E-state index contributed by atoms with van der Waals surface area (Å²) in [6.45, 7) is 0.599. The maximum absolute atomic E-state index is 12.8. The second-order valence-corrected chi connectivity index (χ2v) is 8.97. The molecule has 0 aromatic heterocycles. The van der Waals surface area contributed by atoms with Gasteiger partial charge in [0.1, 0.15) is 4.90 Å². The number of halogens is 2. The Bertz CT molecular complexity index is 1030. The largest absolute Gasteiger partial charge is 0.493 e. The molecule has 0 atom stereocenters. The van der Waals surface area contributed by atoms with Gasteiger partial charge in [-0.15, -0.1) is 0 Å². The summed E-state index contributed by atoms with van der Waals surface area (Å²) < 4.78 is 38.9. The van der Waals surface area contributed by atoms with Gasteiger partial charge in [0.15, 0.2) is 11.5 Å². The van der Waals surface area contributed by atoms with Crippen molar-refractivity contribution < 1.29 is 22.7 Å². The number of hydrogen-bond donors (Lipinski definition) is 1. The quantitative estimate of drug-likeness (QED) is 0.662. The molecule has 0 unspecified atom stereocenters. The van der Waals surface area contributed by atoms with Crippen molar-refractivity contribution in [2.75, 3.05) is 30.4 Å². The highest BCUT2D eigenvalue weighted by Gasteiger charge is 2.25. The predicted octanol–water partition coefficient (Wildman–Crippen LogP) is 4.05. The van der Waals surface area contributed by atoms with Crippen LogP contribution >= 0.6 is 27.5 Å². The summed E-state index contributed by atoms with van der Waals surface area (Å²) in [6, 6.07) is 7.56. The Kier molecular flexibility index (Phi) is 6.07. The van der Waals surface area contributed by atoms with E-state index in [1.165, 1.54) is 32.4 Å². The molecule has 1 aliphatic rings. The maximum atomic E-state index is 12.8. The van der Waals surface area contributed by atoms with E-state index in [9.17, 15) is 13.2 Å². The van der Waals surface area contributed by atoms with Gasteiger partial charge in [-0.05, 0) is 46.6 Å². The molecular formula is C18H18BrClN2O5S. The summed E-state index contributed by atoms with van der Waals surface area (Å²) >= 11 is 9.55. The lowest BCUT2D eigenvalue weighted by Crippen LogP contribution is -2.24. The predicted molar refractivity (Wildman–Crippen MR) is 111 cm³/mol. The van der Waals surface area contributed by atoms with E-state index in [0.29, 0.717) is 33.9 Å². The Morgan fingerprint density at radius 1 is 1.14 bits per heavy atom. The molecule has 1 amide bonds. The third-order valence-electron chi connectivity index (χ3n) is 4.29. The Hall–Kier alpha value is -1.97. The standard InChI is InChI=1S/C18H18BrClN2O5S/c1-26-15-9-12(19)17(10-16(15)27-2)28(24,25)21-11-5-6-14(13(20)8-11)22-7-3-4-18(22)23/h5-6,8-10,21H,3-4,7H2,1-2H3. The molecule has 150 valence electrons. The average molecular weight is 490 g/mol. The zero-order valence-electron chi connectivity index (χ0n) is 15.2. The fraction of sp³-hybridized carbons (Fsp3) is 0.278. The Morgan fingerprint density at radius 3 is 2.39 bits per heavy atom. The van der Waals surface area contributed by atoms with E-state index in [4.69, 9.17) is 21.1 Å². The number of methoxy groups -OCH3 is 2. The minimum atomic E-state index is -3.93. The normalized spacial score (nSPS) is 14.3. The third-order valence-corrected chi connectivity index (χ3v) is 6.93. The first-order valence-corrected chi connectivity index (χ1v) is 11.0. The third kappa shape index (κ3) is 4.06. The van der Waals surface area contributed by atoms with Crippen molar-refractivity contribution in [1.29, 1.82) is 0 Å². The van der Waals surface area contributed by atoms with Crippen LogP contribution < -0.4 is 19.1 Å². The van der Waals surface area contributed by atoms with Crippen LogP contribution in [0.5, 0.6) is 11.5 Å². The van der Waals surface area contributed by atoms with Gasteiger partial charge in [0.05, 0.1) is 30.6 Å². The molecule has 2 aromatic carbocycles. The molecule has 0 spiro atoms. The second-order valence-electron chi connectivity index (χ2n) is 6.06. The molecule has 2 aromatic rings. The highest BCUT2D eigenvalue weighted by Crippen LogP contribution is 2.37. The van der Waals surface area contributed by atoms with Crippen LogP contribution in [0.25, 0.3) is 0 Å². The zero-order chi connectivity index (χ0) is 20.5. The number of nitrogens with one attached hydrogen (secondary N) is 1. The van der Waals surface area contributed by atoms with Gasteiger partial charge in [-0.2, -0.15) is 0 Å². The summed E-state index contributed by atoms with van der Waals surface area (Å²) in [5.74, 6) is 0.687. The second kappa shape index (κ2) is 8.18. The lowest BCUT2D eigenvalue weighted by atomic mass is 10.2. The van der Waals surface area contributed by atoms with Crippen LogP contribution in [0.1, 0.15) is 12.8 Å². The molecule has 1 heterocycles. The summed E-state index contributed by atoms with van der Waals surface area (Å²) in [6.07, 6.45) is 1.26. The van der Waals surface area contributed by atoms with E-state index < -0.39 is 10.0 Å². The van der Waals surface area contributed by atoms with E-state index in [1.54, 1.807) is 17.0 Å². The van der Waals surface area contributed by atoms with Crippen molar-refractivity contribution in [3.8, 4) is 11.5 Å². The first-order chi connectivity index (χ1) is 13.3. The van der Waals surface area contributed by atoms with Crippen LogP contribution in [0, 0.1) is 0 Å². The summed E-state index contributed by atoms with van der Waals surface area (Å²) in [4.78, 5) is 13.5. The highest BCUT2D eigenvalue weighted by molar-refractivity contribution is 9.10. The maximum Gasteiger partial charge on any atom is 0.263 e. The zero-order valence-corrected chi connectivity index (χ0v) is 18.3. The molecule has 7 nitrogen and oxygen atoms in total. The molecule has 1 N–H and O–H groups in total. The van der Waals surface area contributed by atoms with E-state index in [1.807, 2.05) is 0 Å². The SMILES string of the molecule is COc1cc(Br)c(S(=O)(=O)Nc2ccc(N3CCCC3=O)c(Cl)c2)cc1OC. The number of carbonyl (C=O) groups excluding carboxylic acids is 1. The number of benzene rings is 2. The molecule has 10 heteroatoms. The van der Waals surface area contributed by atoms with Gasteiger partial charge < -0.3 is 14.4 Å². The van der Waals surface area contributed by atoms with Gasteiger partial charge >= 0.3 is 0 Å². The molecule has 1 saturated heterocycles. The van der Waals surface area contributed by atoms with Crippen molar-refractivity contribution in [3.63, 3.8) is 0 Å². The first-order valence-electron chi connectivity index (χ1n) is 8.31. The van der Waals surface area contributed by atoms with Gasteiger partial charge in [-0.1, -0.05) is 11.6 Å². The van der Waals surface area contributed by atoms with Crippen molar-refractivity contribution in [3.05, 3.63) is 39.8 Å². The van der Waals surface area contributed by atoms with Gasteiger partial charge in [-0.3, -0.25) is 9.52 Å². The number of ether oxygens (including phenoxy) is 2. The number of nitrogens with zero attached hydrogens (tertiary/aromatic N) is 1. The van der Waals surface area contributed by atoms with Crippen LogP contribution in [0.2, 0.25) is 5.02 Å².